The Bertz CT molecular complexity index is 420. The smallest absolute Gasteiger partial charge is 0.267 e. The van der Waals surface area contributed by atoms with E-state index in [0.717, 1.165) is 31.1 Å². The van der Waals surface area contributed by atoms with Gasteiger partial charge in [0.2, 0.25) is 0 Å². The third kappa shape index (κ3) is 1.83. The summed E-state index contributed by atoms with van der Waals surface area (Å²) in [6.45, 7) is 3.88. The number of thiophene rings is 1. The molecule has 1 aromatic heterocycles. The van der Waals surface area contributed by atoms with Crippen LogP contribution in [-0.4, -0.2) is 44.1 Å². The third-order valence-corrected chi connectivity index (χ3v) is 4.60. The molecule has 0 unspecified atom stereocenters. The van der Waals surface area contributed by atoms with Gasteiger partial charge in [0, 0.05) is 26.2 Å². The first-order valence-corrected chi connectivity index (χ1v) is 6.79. The summed E-state index contributed by atoms with van der Waals surface area (Å²) in [5.41, 5.74) is 0. The number of fused-ring (bicyclic) bond motifs is 1. The largest absolute Gasteiger partial charge is 0.495 e. The number of rotatable bonds is 2. The lowest BCUT2D eigenvalue weighted by atomic mass is 10.0. The number of hydrogen-bond donors (Lipinski definition) is 1. The van der Waals surface area contributed by atoms with E-state index in [-0.39, 0.29) is 5.91 Å². The number of nitrogens with one attached hydrogen (secondary N) is 1. The molecular weight excluding hydrogens is 236 g/mol. The zero-order valence-corrected chi connectivity index (χ0v) is 10.6. The highest BCUT2D eigenvalue weighted by Gasteiger charge is 2.38. The van der Waals surface area contributed by atoms with Gasteiger partial charge in [0.05, 0.1) is 7.11 Å². The standard InChI is InChI=1S/C12H16N2O2S/c1-16-10-2-3-17-11(10)12(15)14-6-8-4-13-5-9(8)7-14/h2-3,8-9,13H,4-7H2,1H3/t8-,9+. The first-order valence-electron chi connectivity index (χ1n) is 5.91. The Morgan fingerprint density at radius 2 is 2.18 bits per heavy atom. The zero-order valence-electron chi connectivity index (χ0n) is 9.81. The van der Waals surface area contributed by atoms with Crippen molar-refractivity contribution in [2.45, 2.75) is 0 Å². The van der Waals surface area contributed by atoms with Gasteiger partial charge in [0.25, 0.3) is 5.91 Å². The second-order valence-corrected chi connectivity index (χ2v) is 5.62. The summed E-state index contributed by atoms with van der Waals surface area (Å²) in [6, 6.07) is 1.86. The van der Waals surface area contributed by atoms with Gasteiger partial charge in [-0.1, -0.05) is 0 Å². The third-order valence-electron chi connectivity index (χ3n) is 3.72. The molecule has 92 valence electrons. The van der Waals surface area contributed by atoms with Crippen molar-refractivity contribution in [1.29, 1.82) is 0 Å². The predicted molar refractivity (Wildman–Crippen MR) is 66.6 cm³/mol. The maximum atomic E-state index is 12.4. The van der Waals surface area contributed by atoms with Gasteiger partial charge in [-0.25, -0.2) is 0 Å². The number of carbonyl (C=O) groups is 1. The van der Waals surface area contributed by atoms with E-state index in [1.54, 1.807) is 7.11 Å². The average molecular weight is 252 g/mol. The predicted octanol–water partition coefficient (Wildman–Crippen LogP) is 1.05. The van der Waals surface area contributed by atoms with Crippen LogP contribution in [0.2, 0.25) is 0 Å². The molecule has 3 heterocycles. The molecule has 17 heavy (non-hydrogen) atoms. The summed E-state index contributed by atoms with van der Waals surface area (Å²) in [5.74, 6) is 2.12. The zero-order chi connectivity index (χ0) is 11.8. The molecule has 2 saturated heterocycles. The summed E-state index contributed by atoms with van der Waals surface area (Å²) in [5, 5.41) is 5.29. The van der Waals surface area contributed by atoms with Gasteiger partial charge in [0.15, 0.2) is 0 Å². The SMILES string of the molecule is COc1ccsc1C(=O)N1C[C@H]2CNC[C@H]2C1. The Kier molecular flexibility index (Phi) is 2.80. The molecule has 0 bridgehead atoms. The van der Waals surface area contributed by atoms with Crippen LogP contribution in [0, 0.1) is 11.8 Å². The fourth-order valence-corrected chi connectivity index (χ4v) is 3.60. The molecule has 0 aliphatic carbocycles. The van der Waals surface area contributed by atoms with Gasteiger partial charge in [-0.15, -0.1) is 11.3 Å². The van der Waals surface area contributed by atoms with Gasteiger partial charge in [-0.05, 0) is 23.3 Å². The van der Waals surface area contributed by atoms with Crippen LogP contribution in [0.1, 0.15) is 9.67 Å². The second kappa shape index (κ2) is 4.31. The van der Waals surface area contributed by atoms with Crippen molar-refractivity contribution in [2.75, 3.05) is 33.3 Å². The Labute approximate surface area is 105 Å². The second-order valence-electron chi connectivity index (χ2n) is 4.71. The maximum absolute atomic E-state index is 12.4. The Morgan fingerprint density at radius 1 is 1.47 bits per heavy atom. The number of hydrogen-bond acceptors (Lipinski definition) is 4. The number of methoxy groups -OCH3 is 1. The van der Waals surface area contributed by atoms with Crippen LogP contribution in [0.3, 0.4) is 0 Å². The quantitative estimate of drug-likeness (QED) is 0.855. The van der Waals surface area contributed by atoms with Gasteiger partial charge in [-0.3, -0.25) is 4.79 Å². The molecule has 0 radical (unpaired) electrons. The first-order chi connectivity index (χ1) is 8.29. The number of ether oxygens (including phenoxy) is 1. The van der Waals surface area contributed by atoms with Crippen molar-refractivity contribution in [3.8, 4) is 5.75 Å². The molecule has 2 atom stereocenters. The molecule has 2 aliphatic rings. The first kappa shape index (κ1) is 11.0. The fourth-order valence-electron chi connectivity index (χ4n) is 2.78. The molecule has 2 aliphatic heterocycles. The molecule has 3 rings (SSSR count). The van der Waals surface area contributed by atoms with Crippen LogP contribution >= 0.6 is 11.3 Å². The van der Waals surface area contributed by atoms with Gasteiger partial charge < -0.3 is 15.0 Å². The van der Waals surface area contributed by atoms with E-state index in [1.165, 1.54) is 11.3 Å². The Hall–Kier alpha value is -1.07. The highest BCUT2D eigenvalue weighted by molar-refractivity contribution is 7.12. The molecule has 0 aromatic carbocycles. The molecule has 5 heteroatoms. The minimum absolute atomic E-state index is 0.131. The molecule has 1 N–H and O–H groups in total. The molecule has 0 spiro atoms. The van der Waals surface area contributed by atoms with Crippen LogP contribution in [0.15, 0.2) is 11.4 Å². The topological polar surface area (TPSA) is 41.6 Å². The lowest BCUT2D eigenvalue weighted by molar-refractivity contribution is 0.0783. The normalized spacial score (nSPS) is 27.2. The Balaban J connectivity index is 1.75. The summed E-state index contributed by atoms with van der Waals surface area (Å²) in [7, 11) is 1.61. The molecular formula is C12H16N2O2S. The summed E-state index contributed by atoms with van der Waals surface area (Å²) in [4.78, 5) is 15.1. The maximum Gasteiger partial charge on any atom is 0.267 e. The lowest BCUT2D eigenvalue weighted by Gasteiger charge is -2.17. The Morgan fingerprint density at radius 3 is 2.82 bits per heavy atom. The lowest BCUT2D eigenvalue weighted by Crippen LogP contribution is -2.31. The summed E-state index contributed by atoms with van der Waals surface area (Å²) in [6.07, 6.45) is 0. The monoisotopic (exact) mass is 252 g/mol. The van der Waals surface area contributed by atoms with Crippen molar-refractivity contribution in [3.05, 3.63) is 16.3 Å². The molecule has 4 nitrogen and oxygen atoms in total. The van der Waals surface area contributed by atoms with Gasteiger partial charge in [0.1, 0.15) is 10.6 Å². The van der Waals surface area contributed by atoms with Crippen molar-refractivity contribution in [3.63, 3.8) is 0 Å². The van der Waals surface area contributed by atoms with Gasteiger partial charge >= 0.3 is 0 Å². The van der Waals surface area contributed by atoms with Crippen molar-refractivity contribution in [1.82, 2.24) is 10.2 Å². The van der Waals surface area contributed by atoms with Crippen LogP contribution < -0.4 is 10.1 Å². The minimum atomic E-state index is 0.131. The summed E-state index contributed by atoms with van der Waals surface area (Å²) >= 11 is 1.47. The number of nitrogens with zero attached hydrogens (tertiary/aromatic N) is 1. The molecule has 1 amide bonds. The van der Waals surface area contributed by atoms with Crippen molar-refractivity contribution < 1.29 is 9.53 Å². The van der Waals surface area contributed by atoms with Crippen molar-refractivity contribution in [2.24, 2.45) is 11.8 Å². The van der Waals surface area contributed by atoms with Crippen LogP contribution in [0.25, 0.3) is 0 Å². The number of amides is 1. The average Bonchev–Trinajstić information content (AvgIpc) is 3.02. The number of carbonyl (C=O) groups excluding carboxylic acids is 1. The van der Waals surface area contributed by atoms with E-state index in [1.807, 2.05) is 16.3 Å². The number of likely N-dealkylation sites (tertiary alicyclic amines) is 1. The molecule has 1 aromatic rings. The van der Waals surface area contributed by atoms with Crippen molar-refractivity contribution >= 4 is 17.2 Å². The minimum Gasteiger partial charge on any atom is -0.495 e. The molecule has 0 saturated carbocycles. The summed E-state index contributed by atoms with van der Waals surface area (Å²) < 4.78 is 5.21. The van der Waals surface area contributed by atoms with E-state index < -0.39 is 0 Å². The highest BCUT2D eigenvalue weighted by Crippen LogP contribution is 2.31. The fraction of sp³-hybridized carbons (Fsp3) is 0.583. The van der Waals surface area contributed by atoms with E-state index in [4.69, 9.17) is 4.74 Å². The van der Waals surface area contributed by atoms with E-state index in [2.05, 4.69) is 5.32 Å². The van der Waals surface area contributed by atoms with Crippen LogP contribution in [0.5, 0.6) is 5.75 Å². The van der Waals surface area contributed by atoms with E-state index in [9.17, 15) is 4.79 Å². The highest BCUT2D eigenvalue weighted by atomic mass is 32.1. The van der Waals surface area contributed by atoms with Crippen LogP contribution in [-0.2, 0) is 0 Å². The van der Waals surface area contributed by atoms with Gasteiger partial charge in [-0.2, -0.15) is 0 Å². The van der Waals surface area contributed by atoms with Crippen LogP contribution in [0.4, 0.5) is 0 Å². The molecule has 2 fully saturated rings. The van der Waals surface area contributed by atoms with E-state index in [0.29, 0.717) is 17.6 Å². The van der Waals surface area contributed by atoms with E-state index >= 15 is 0 Å².